The van der Waals surface area contributed by atoms with Crippen LogP contribution in [0.3, 0.4) is 0 Å². The van der Waals surface area contributed by atoms with Crippen molar-refractivity contribution in [2.45, 2.75) is 6.61 Å². The number of halogens is 4. The lowest BCUT2D eigenvalue weighted by Crippen LogP contribution is -1.98. The number of allylic oxidation sites excluding steroid dienone is 1. The Morgan fingerprint density at radius 3 is 2.19 bits per heavy atom. The van der Waals surface area contributed by atoms with Gasteiger partial charge in [-0.15, -0.1) is 0 Å². The highest BCUT2D eigenvalue weighted by Crippen LogP contribution is 2.37. The first-order chi connectivity index (χ1) is 14.8. The molecule has 3 aromatic carbocycles. The van der Waals surface area contributed by atoms with E-state index < -0.39 is 5.97 Å². The minimum Gasteiger partial charge on any atom is -0.486 e. The summed E-state index contributed by atoms with van der Waals surface area (Å²) in [4.78, 5) is 11.0. The normalized spacial score (nSPS) is 11.1. The highest BCUT2D eigenvalue weighted by Gasteiger charge is 2.12. The number of ether oxygens (including phenoxy) is 1. The maximum atomic E-state index is 11.0. The van der Waals surface area contributed by atoms with Gasteiger partial charge in [-0.25, -0.2) is 4.79 Å². The lowest BCUT2D eigenvalue weighted by Gasteiger charge is -2.13. The maximum Gasteiger partial charge on any atom is 0.335 e. The fourth-order valence-corrected chi connectivity index (χ4v) is 4.64. The van der Waals surface area contributed by atoms with E-state index in [9.17, 15) is 10.1 Å². The van der Waals surface area contributed by atoms with Crippen LogP contribution in [0.2, 0.25) is 10.0 Å². The Balaban J connectivity index is 1.84. The topological polar surface area (TPSA) is 70.3 Å². The Morgan fingerprint density at radius 1 is 1.03 bits per heavy atom. The molecular weight excluding hydrogens is 569 g/mol. The molecule has 1 N–H and O–H groups in total. The van der Waals surface area contributed by atoms with Crippen LogP contribution in [0.15, 0.2) is 63.5 Å². The Kier molecular flexibility index (Phi) is 7.79. The fourth-order valence-electron chi connectivity index (χ4n) is 2.73. The smallest absolute Gasteiger partial charge is 0.335 e. The van der Waals surface area contributed by atoms with E-state index in [0.29, 0.717) is 35.9 Å². The summed E-state index contributed by atoms with van der Waals surface area (Å²) in [6.07, 6.45) is 1.71. The molecule has 0 aliphatic carbocycles. The number of carboxylic acid groups (broad SMARTS) is 1. The lowest BCUT2D eigenvalue weighted by molar-refractivity contribution is 0.0697. The van der Waals surface area contributed by atoms with Crippen molar-refractivity contribution < 1.29 is 14.6 Å². The largest absolute Gasteiger partial charge is 0.486 e. The van der Waals surface area contributed by atoms with Crippen LogP contribution in [-0.4, -0.2) is 11.1 Å². The molecule has 156 valence electrons. The predicted octanol–water partition coefficient (Wildman–Crippen LogP) is 7.86. The van der Waals surface area contributed by atoms with Gasteiger partial charge in [-0.1, -0.05) is 41.4 Å². The van der Waals surface area contributed by atoms with Crippen LogP contribution in [0.25, 0.3) is 11.6 Å². The van der Waals surface area contributed by atoms with Gasteiger partial charge in [0.2, 0.25) is 0 Å². The van der Waals surface area contributed by atoms with Gasteiger partial charge >= 0.3 is 5.97 Å². The second-order valence-corrected chi connectivity index (χ2v) is 8.94. The second-order valence-electron chi connectivity index (χ2n) is 6.39. The number of hydrogen-bond acceptors (Lipinski definition) is 3. The summed E-state index contributed by atoms with van der Waals surface area (Å²) in [5.41, 5.74) is 2.74. The molecule has 3 aromatic rings. The number of nitrogens with zero attached hydrogens (tertiary/aromatic N) is 1. The van der Waals surface area contributed by atoms with Crippen molar-refractivity contribution in [2.24, 2.45) is 0 Å². The van der Waals surface area contributed by atoms with Crippen LogP contribution in [0.5, 0.6) is 5.75 Å². The van der Waals surface area contributed by atoms with E-state index in [1.807, 2.05) is 12.1 Å². The van der Waals surface area contributed by atoms with Crippen LogP contribution in [0.1, 0.15) is 27.0 Å². The first kappa shape index (κ1) is 23.4. The molecule has 0 amide bonds. The fraction of sp³-hybridized carbons (Fsp3) is 0.0435. The van der Waals surface area contributed by atoms with Crippen molar-refractivity contribution in [3.05, 3.63) is 95.8 Å². The van der Waals surface area contributed by atoms with Gasteiger partial charge < -0.3 is 9.84 Å². The summed E-state index contributed by atoms with van der Waals surface area (Å²) in [6.45, 7) is 0.252. The molecular formula is C23H13Br2Cl2NO3. The van der Waals surface area contributed by atoms with Gasteiger partial charge in [0.05, 0.1) is 26.2 Å². The molecule has 0 aliphatic rings. The van der Waals surface area contributed by atoms with Crippen molar-refractivity contribution in [2.75, 3.05) is 0 Å². The highest BCUT2D eigenvalue weighted by atomic mass is 79.9. The zero-order valence-corrected chi connectivity index (χ0v) is 20.4. The Bertz CT molecular complexity index is 1200. The highest BCUT2D eigenvalue weighted by molar-refractivity contribution is 9.11. The average molecular weight is 582 g/mol. The van der Waals surface area contributed by atoms with Crippen LogP contribution >= 0.6 is 55.1 Å². The molecule has 0 fully saturated rings. The quantitative estimate of drug-likeness (QED) is 0.238. The monoisotopic (exact) mass is 579 g/mol. The molecule has 0 saturated carbocycles. The third-order valence-corrected chi connectivity index (χ3v) is 6.05. The van der Waals surface area contributed by atoms with Gasteiger partial charge in [-0.05, 0) is 85.5 Å². The van der Waals surface area contributed by atoms with Gasteiger partial charge in [0.1, 0.15) is 12.4 Å². The van der Waals surface area contributed by atoms with Gasteiger partial charge in [0.15, 0.2) is 0 Å². The molecule has 0 spiro atoms. The summed E-state index contributed by atoms with van der Waals surface area (Å²) in [7, 11) is 0. The van der Waals surface area contributed by atoms with Crippen molar-refractivity contribution in [1.82, 2.24) is 0 Å². The summed E-state index contributed by atoms with van der Waals surface area (Å²) in [5.74, 6) is -0.426. The van der Waals surface area contributed by atoms with E-state index >= 15 is 0 Å². The number of carboxylic acids is 1. The molecule has 0 saturated heterocycles. The minimum absolute atomic E-state index is 0.161. The van der Waals surface area contributed by atoms with Gasteiger partial charge in [0.25, 0.3) is 0 Å². The van der Waals surface area contributed by atoms with Crippen LogP contribution in [0, 0.1) is 11.3 Å². The van der Waals surface area contributed by atoms with Crippen LogP contribution in [-0.2, 0) is 6.61 Å². The standard InChI is InChI=1S/C23H13Br2Cl2NO3/c24-19-8-13(7-17(11-28)14-1-3-15(4-2-14)23(29)30)9-20(25)22(19)31-12-16-5-6-18(26)10-21(16)27/h1-10H,12H2,(H,29,30)/b17-7-. The third-order valence-electron chi connectivity index (χ3n) is 4.28. The van der Waals surface area contributed by atoms with E-state index in [-0.39, 0.29) is 12.2 Å². The number of nitriles is 1. The molecule has 0 atom stereocenters. The van der Waals surface area contributed by atoms with E-state index in [2.05, 4.69) is 37.9 Å². The summed E-state index contributed by atoms with van der Waals surface area (Å²) < 4.78 is 7.30. The van der Waals surface area contributed by atoms with Crippen molar-refractivity contribution in [3.63, 3.8) is 0 Å². The van der Waals surface area contributed by atoms with Gasteiger partial charge in [-0.3, -0.25) is 0 Å². The molecule has 0 aromatic heterocycles. The third kappa shape index (κ3) is 5.90. The Hall–Kier alpha value is -2.30. The minimum atomic E-state index is -1.02. The van der Waals surface area contributed by atoms with Gasteiger partial charge in [0, 0.05) is 15.6 Å². The molecule has 4 nitrogen and oxygen atoms in total. The molecule has 0 unspecified atom stereocenters. The molecule has 31 heavy (non-hydrogen) atoms. The number of hydrogen-bond donors (Lipinski definition) is 1. The van der Waals surface area contributed by atoms with Crippen LogP contribution in [0.4, 0.5) is 0 Å². The summed E-state index contributed by atoms with van der Waals surface area (Å²) >= 11 is 19.1. The number of rotatable bonds is 6. The zero-order valence-electron chi connectivity index (χ0n) is 15.7. The molecule has 0 heterocycles. The number of aromatic carboxylic acids is 1. The van der Waals surface area contributed by atoms with Crippen molar-refractivity contribution in [1.29, 1.82) is 5.26 Å². The first-order valence-corrected chi connectivity index (χ1v) is 11.1. The Morgan fingerprint density at radius 2 is 1.65 bits per heavy atom. The van der Waals surface area contributed by atoms with Crippen molar-refractivity contribution in [3.8, 4) is 11.8 Å². The summed E-state index contributed by atoms with van der Waals surface area (Å²) in [5, 5.41) is 19.7. The predicted molar refractivity (Wildman–Crippen MR) is 130 cm³/mol. The Labute approximate surface area is 205 Å². The first-order valence-electron chi connectivity index (χ1n) is 8.80. The van der Waals surface area contributed by atoms with E-state index in [4.69, 9.17) is 33.0 Å². The zero-order chi connectivity index (χ0) is 22.5. The SMILES string of the molecule is N#C/C(=C/c1cc(Br)c(OCc2ccc(Cl)cc2Cl)c(Br)c1)c1ccc(C(=O)O)cc1. The lowest BCUT2D eigenvalue weighted by atomic mass is 10.0. The molecule has 0 radical (unpaired) electrons. The van der Waals surface area contributed by atoms with E-state index in [0.717, 1.165) is 11.1 Å². The molecule has 0 aliphatic heterocycles. The molecule has 0 bridgehead atoms. The van der Waals surface area contributed by atoms with Gasteiger partial charge in [-0.2, -0.15) is 5.26 Å². The average Bonchev–Trinajstić information content (AvgIpc) is 2.72. The van der Waals surface area contributed by atoms with E-state index in [1.165, 1.54) is 12.1 Å². The molecule has 8 heteroatoms. The number of benzene rings is 3. The van der Waals surface area contributed by atoms with Crippen molar-refractivity contribution >= 4 is 72.7 Å². The van der Waals surface area contributed by atoms with Crippen LogP contribution < -0.4 is 4.74 Å². The summed E-state index contributed by atoms with van der Waals surface area (Å²) in [6, 6.07) is 17.2. The second kappa shape index (κ2) is 10.3. The number of carbonyl (C=O) groups is 1. The molecule has 3 rings (SSSR count). The van der Waals surface area contributed by atoms with E-state index in [1.54, 1.807) is 36.4 Å². The maximum absolute atomic E-state index is 11.0.